The number of piperazine rings is 1. The van der Waals surface area contributed by atoms with Crippen LogP contribution in [0.25, 0.3) is 0 Å². The molecular formula is C15H30N2. The fraction of sp³-hybridized carbons (Fsp3) is 1.00. The van der Waals surface area contributed by atoms with Gasteiger partial charge in [0.15, 0.2) is 0 Å². The van der Waals surface area contributed by atoms with Crippen LogP contribution in [0.1, 0.15) is 64.7 Å². The van der Waals surface area contributed by atoms with E-state index in [2.05, 4.69) is 17.1 Å². The summed E-state index contributed by atoms with van der Waals surface area (Å²) in [7, 11) is 0. The van der Waals surface area contributed by atoms with E-state index < -0.39 is 0 Å². The number of hydrogen-bond acceptors (Lipinski definition) is 2. The van der Waals surface area contributed by atoms with Gasteiger partial charge in [-0.3, -0.25) is 0 Å². The van der Waals surface area contributed by atoms with Crippen LogP contribution in [0.5, 0.6) is 0 Å². The molecule has 1 saturated heterocycles. The zero-order valence-corrected chi connectivity index (χ0v) is 11.6. The third kappa shape index (κ3) is 3.96. The lowest BCUT2D eigenvalue weighted by molar-refractivity contribution is 0.0981. The normalized spacial score (nSPS) is 25.2. The smallest absolute Gasteiger partial charge is 0.0309 e. The van der Waals surface area contributed by atoms with Crippen LogP contribution in [0.3, 0.4) is 0 Å². The highest BCUT2D eigenvalue weighted by atomic mass is 15.2. The summed E-state index contributed by atoms with van der Waals surface area (Å²) in [6.07, 6.45) is 12.8. The van der Waals surface area contributed by atoms with Crippen LogP contribution in [-0.2, 0) is 0 Å². The molecule has 1 heterocycles. The molecule has 2 heteroatoms. The Labute approximate surface area is 107 Å². The summed E-state index contributed by atoms with van der Waals surface area (Å²) in [6, 6.07) is 0. The minimum atomic E-state index is 0.501. The predicted molar refractivity (Wildman–Crippen MR) is 74.4 cm³/mol. The third-order valence-corrected chi connectivity index (χ3v) is 4.59. The first-order chi connectivity index (χ1) is 8.35. The Balaban J connectivity index is 1.72. The molecule has 2 fully saturated rings. The van der Waals surface area contributed by atoms with Gasteiger partial charge < -0.3 is 10.2 Å². The molecule has 0 aromatic carbocycles. The van der Waals surface area contributed by atoms with Gasteiger partial charge in [-0.1, -0.05) is 45.4 Å². The van der Waals surface area contributed by atoms with Crippen LogP contribution in [0.2, 0.25) is 0 Å². The summed E-state index contributed by atoms with van der Waals surface area (Å²) in [5.41, 5.74) is 0.501. The van der Waals surface area contributed by atoms with Crippen molar-refractivity contribution in [2.45, 2.75) is 70.3 Å². The first kappa shape index (κ1) is 13.4. The van der Waals surface area contributed by atoms with Gasteiger partial charge in [-0.25, -0.2) is 0 Å². The third-order valence-electron chi connectivity index (χ3n) is 4.59. The molecule has 1 N–H and O–H groups in total. The first-order valence-electron chi connectivity index (χ1n) is 7.82. The molecule has 2 rings (SSSR count). The van der Waals surface area contributed by atoms with Gasteiger partial charge in [0.05, 0.1) is 0 Å². The molecule has 100 valence electrons. The summed E-state index contributed by atoms with van der Waals surface area (Å²) in [5.74, 6) is 0. The van der Waals surface area contributed by atoms with E-state index in [4.69, 9.17) is 0 Å². The second-order valence-corrected chi connectivity index (χ2v) is 6.10. The highest BCUT2D eigenvalue weighted by Crippen LogP contribution is 2.30. The topological polar surface area (TPSA) is 15.3 Å². The van der Waals surface area contributed by atoms with Crippen molar-refractivity contribution in [3.63, 3.8) is 0 Å². The van der Waals surface area contributed by atoms with Crippen molar-refractivity contribution in [1.82, 2.24) is 10.2 Å². The Morgan fingerprint density at radius 1 is 1.06 bits per heavy atom. The lowest BCUT2D eigenvalue weighted by Gasteiger charge is -2.46. The molecule has 0 unspecified atom stereocenters. The van der Waals surface area contributed by atoms with Crippen molar-refractivity contribution in [3.8, 4) is 0 Å². The zero-order valence-electron chi connectivity index (χ0n) is 11.6. The minimum Gasteiger partial charge on any atom is -0.309 e. The van der Waals surface area contributed by atoms with Gasteiger partial charge in [-0.05, 0) is 25.8 Å². The van der Waals surface area contributed by atoms with Crippen LogP contribution >= 0.6 is 0 Å². The van der Waals surface area contributed by atoms with Gasteiger partial charge in [0.2, 0.25) is 0 Å². The molecule has 1 aliphatic heterocycles. The van der Waals surface area contributed by atoms with Gasteiger partial charge >= 0.3 is 0 Å². The fourth-order valence-electron chi connectivity index (χ4n) is 3.56. The van der Waals surface area contributed by atoms with E-state index in [-0.39, 0.29) is 0 Å². The van der Waals surface area contributed by atoms with Crippen LogP contribution < -0.4 is 5.32 Å². The second kappa shape index (κ2) is 6.75. The molecule has 0 aromatic heterocycles. The molecule has 0 aromatic rings. The Bertz CT molecular complexity index is 203. The monoisotopic (exact) mass is 238 g/mol. The van der Waals surface area contributed by atoms with Crippen molar-refractivity contribution >= 4 is 0 Å². The van der Waals surface area contributed by atoms with E-state index >= 15 is 0 Å². The van der Waals surface area contributed by atoms with Crippen LogP contribution in [0.15, 0.2) is 0 Å². The van der Waals surface area contributed by atoms with Crippen molar-refractivity contribution in [2.24, 2.45) is 0 Å². The lowest BCUT2D eigenvalue weighted by Crippen LogP contribution is -2.61. The number of nitrogens with zero attached hydrogens (tertiary/aromatic N) is 1. The van der Waals surface area contributed by atoms with Gasteiger partial charge in [0.1, 0.15) is 0 Å². The summed E-state index contributed by atoms with van der Waals surface area (Å²) < 4.78 is 0. The molecule has 0 atom stereocenters. The molecule has 1 saturated carbocycles. The van der Waals surface area contributed by atoms with Crippen LogP contribution in [0.4, 0.5) is 0 Å². The number of unbranched alkanes of at least 4 members (excludes halogenated alkanes) is 3. The van der Waals surface area contributed by atoms with E-state index in [1.807, 2.05) is 0 Å². The number of hydrogen-bond donors (Lipinski definition) is 1. The van der Waals surface area contributed by atoms with Gasteiger partial charge in [-0.15, -0.1) is 0 Å². The lowest BCUT2D eigenvalue weighted by atomic mass is 9.80. The summed E-state index contributed by atoms with van der Waals surface area (Å²) in [4.78, 5) is 2.72. The highest BCUT2D eigenvalue weighted by Gasteiger charge is 2.35. The molecule has 1 spiro atoms. The van der Waals surface area contributed by atoms with E-state index in [1.165, 1.54) is 84.0 Å². The maximum absolute atomic E-state index is 3.82. The summed E-state index contributed by atoms with van der Waals surface area (Å²) in [6.45, 7) is 7.44. The Kier molecular flexibility index (Phi) is 5.30. The van der Waals surface area contributed by atoms with E-state index in [1.54, 1.807) is 0 Å². The number of rotatable bonds is 5. The highest BCUT2D eigenvalue weighted by molar-refractivity contribution is 4.96. The Morgan fingerprint density at radius 2 is 1.88 bits per heavy atom. The van der Waals surface area contributed by atoms with E-state index in [9.17, 15) is 0 Å². The molecule has 0 radical (unpaired) electrons. The van der Waals surface area contributed by atoms with Crippen LogP contribution in [-0.4, -0.2) is 36.6 Å². The van der Waals surface area contributed by atoms with E-state index in [0.717, 1.165) is 0 Å². The van der Waals surface area contributed by atoms with Gasteiger partial charge in [-0.2, -0.15) is 0 Å². The quantitative estimate of drug-likeness (QED) is 0.740. The molecule has 2 aliphatic rings. The first-order valence-corrected chi connectivity index (χ1v) is 7.82. The minimum absolute atomic E-state index is 0.501. The van der Waals surface area contributed by atoms with E-state index in [0.29, 0.717) is 5.54 Å². The molecule has 1 aliphatic carbocycles. The largest absolute Gasteiger partial charge is 0.309 e. The van der Waals surface area contributed by atoms with Crippen molar-refractivity contribution in [2.75, 3.05) is 26.2 Å². The standard InChI is InChI=1S/C15H30N2/c1-2-3-4-8-12-17-13-11-16-15(14-17)9-6-5-7-10-15/h16H,2-14H2,1H3. The average Bonchev–Trinajstić information content (AvgIpc) is 2.36. The maximum atomic E-state index is 3.82. The van der Waals surface area contributed by atoms with Crippen molar-refractivity contribution in [3.05, 3.63) is 0 Å². The average molecular weight is 238 g/mol. The van der Waals surface area contributed by atoms with Gasteiger partial charge in [0, 0.05) is 25.2 Å². The maximum Gasteiger partial charge on any atom is 0.0309 e. The Morgan fingerprint density at radius 3 is 2.65 bits per heavy atom. The van der Waals surface area contributed by atoms with Gasteiger partial charge in [0.25, 0.3) is 0 Å². The summed E-state index contributed by atoms with van der Waals surface area (Å²) >= 11 is 0. The summed E-state index contributed by atoms with van der Waals surface area (Å²) in [5, 5.41) is 3.82. The van der Waals surface area contributed by atoms with Crippen molar-refractivity contribution < 1.29 is 0 Å². The zero-order chi connectivity index (χ0) is 12.0. The fourth-order valence-corrected chi connectivity index (χ4v) is 3.56. The molecule has 0 amide bonds. The SMILES string of the molecule is CCCCCCN1CCNC2(CCCCC2)C1. The molecule has 17 heavy (non-hydrogen) atoms. The van der Waals surface area contributed by atoms with Crippen molar-refractivity contribution in [1.29, 1.82) is 0 Å². The molecular weight excluding hydrogens is 208 g/mol. The number of nitrogens with one attached hydrogen (secondary N) is 1. The Hall–Kier alpha value is -0.0800. The second-order valence-electron chi connectivity index (χ2n) is 6.10. The van der Waals surface area contributed by atoms with Crippen LogP contribution in [0, 0.1) is 0 Å². The molecule has 2 nitrogen and oxygen atoms in total. The predicted octanol–water partition coefficient (Wildman–Crippen LogP) is 3.17. The molecule has 0 bridgehead atoms.